The zero-order chi connectivity index (χ0) is 21.1. The van der Waals surface area contributed by atoms with E-state index in [0.29, 0.717) is 24.2 Å². The van der Waals surface area contributed by atoms with E-state index in [1.54, 1.807) is 10.6 Å². The summed E-state index contributed by atoms with van der Waals surface area (Å²) < 4.78 is 7.35. The van der Waals surface area contributed by atoms with Gasteiger partial charge in [-0.1, -0.05) is 6.92 Å². The normalized spacial score (nSPS) is 14.5. The molecule has 0 saturated heterocycles. The van der Waals surface area contributed by atoms with Crippen molar-refractivity contribution in [1.82, 2.24) is 9.88 Å². The molecule has 2 N–H and O–H groups in total. The molecule has 152 valence electrons. The lowest BCUT2D eigenvalue weighted by atomic mass is 9.90. The summed E-state index contributed by atoms with van der Waals surface area (Å²) in [4.78, 5) is 45.5. The summed E-state index contributed by atoms with van der Waals surface area (Å²) in [5.41, 5.74) is 1.21. The van der Waals surface area contributed by atoms with Gasteiger partial charge in [-0.15, -0.1) is 4.91 Å². The van der Waals surface area contributed by atoms with Crippen LogP contribution in [0.4, 0.5) is 0 Å². The Morgan fingerprint density at radius 1 is 1.34 bits per heavy atom. The third-order valence-corrected chi connectivity index (χ3v) is 4.91. The van der Waals surface area contributed by atoms with Crippen LogP contribution in [0.2, 0.25) is 0 Å². The number of amides is 2. The number of phenols is 1. The first kappa shape index (κ1) is 20.2. The van der Waals surface area contributed by atoms with Gasteiger partial charge >= 0.3 is 5.91 Å². The Labute approximate surface area is 166 Å². The number of rotatable bonds is 6. The van der Waals surface area contributed by atoms with Crippen molar-refractivity contribution in [2.24, 2.45) is 5.18 Å². The van der Waals surface area contributed by atoms with Gasteiger partial charge in [0, 0.05) is 36.0 Å². The molecule has 1 atom stereocenters. The number of aromatic nitrogens is 1. The molecule has 1 aliphatic rings. The molecule has 1 aliphatic heterocycles. The van der Waals surface area contributed by atoms with Crippen molar-refractivity contribution in [2.75, 3.05) is 13.2 Å². The molecule has 2 heterocycles. The molecule has 2 amide bonds. The number of hydrogen-bond donors (Lipinski definition) is 2. The standard InChI is InChI=1S/C20H21N3O6/c1-3-13-6-12-7-19(29-5-4-21-11(2)24)18(26)8-14(12)16-9-17(25)15(10-23(13)16)20(27)22-28/h7-10,13,26H,3-6H2,1-2H3,(H,21,24). The summed E-state index contributed by atoms with van der Waals surface area (Å²) in [6.07, 6.45) is 2.68. The van der Waals surface area contributed by atoms with Crippen LogP contribution < -0.4 is 15.5 Å². The zero-order valence-electron chi connectivity index (χ0n) is 16.1. The number of hydrogen-bond acceptors (Lipinski definition) is 6. The van der Waals surface area contributed by atoms with Gasteiger partial charge in [0.15, 0.2) is 16.9 Å². The van der Waals surface area contributed by atoms with E-state index in [-0.39, 0.29) is 35.6 Å². The van der Waals surface area contributed by atoms with Gasteiger partial charge in [-0.25, -0.2) is 0 Å². The molecule has 9 nitrogen and oxygen atoms in total. The van der Waals surface area contributed by atoms with E-state index in [2.05, 4.69) is 10.5 Å². The summed E-state index contributed by atoms with van der Waals surface area (Å²) >= 11 is 0. The molecule has 3 rings (SSSR count). The van der Waals surface area contributed by atoms with E-state index in [4.69, 9.17) is 4.74 Å². The first-order valence-electron chi connectivity index (χ1n) is 9.23. The highest BCUT2D eigenvalue weighted by atomic mass is 16.5. The van der Waals surface area contributed by atoms with E-state index in [9.17, 15) is 24.4 Å². The highest BCUT2D eigenvalue weighted by Crippen LogP contribution is 2.41. The minimum Gasteiger partial charge on any atom is -0.504 e. The van der Waals surface area contributed by atoms with E-state index in [1.807, 2.05) is 6.92 Å². The number of ether oxygens (including phenoxy) is 1. The van der Waals surface area contributed by atoms with Crippen LogP contribution in [-0.2, 0) is 11.2 Å². The maximum atomic E-state index is 12.3. The fourth-order valence-corrected chi connectivity index (χ4v) is 3.49. The number of aromatic hydroxyl groups is 1. The average molecular weight is 399 g/mol. The van der Waals surface area contributed by atoms with Crippen LogP contribution in [0.25, 0.3) is 11.3 Å². The van der Waals surface area contributed by atoms with Crippen molar-refractivity contribution in [1.29, 1.82) is 0 Å². The molecule has 0 radical (unpaired) electrons. The summed E-state index contributed by atoms with van der Waals surface area (Å²) in [7, 11) is 0. The number of carbonyl (C=O) groups is 2. The third-order valence-electron chi connectivity index (χ3n) is 4.91. The molecular weight excluding hydrogens is 378 g/mol. The quantitative estimate of drug-likeness (QED) is 0.566. The minimum atomic E-state index is -1.10. The maximum Gasteiger partial charge on any atom is 0.322 e. The molecule has 0 fully saturated rings. The van der Waals surface area contributed by atoms with Crippen molar-refractivity contribution in [3.63, 3.8) is 0 Å². The number of pyridine rings is 1. The minimum absolute atomic E-state index is 0.0481. The number of fused-ring (bicyclic) bond motifs is 3. The molecule has 0 bridgehead atoms. The largest absolute Gasteiger partial charge is 0.504 e. The average Bonchev–Trinajstić information content (AvgIpc) is 2.70. The van der Waals surface area contributed by atoms with Crippen molar-refractivity contribution in [3.8, 4) is 22.8 Å². The highest BCUT2D eigenvalue weighted by molar-refractivity contribution is 5.94. The second kappa shape index (κ2) is 8.26. The summed E-state index contributed by atoms with van der Waals surface area (Å²) in [6, 6.07) is 4.48. The van der Waals surface area contributed by atoms with Crippen LogP contribution in [0.5, 0.6) is 11.5 Å². The molecule has 1 unspecified atom stereocenters. The monoisotopic (exact) mass is 399 g/mol. The molecule has 1 aromatic carbocycles. The second-order valence-corrected chi connectivity index (χ2v) is 6.82. The molecule has 9 heteroatoms. The SMILES string of the molecule is CCC1Cc2cc(OCCNC(C)=O)c(O)cc2-c2cc(=O)c(C(=O)N=O)cn21. The van der Waals surface area contributed by atoms with Gasteiger partial charge in [-0.05, 0) is 30.5 Å². The van der Waals surface area contributed by atoms with E-state index < -0.39 is 11.3 Å². The van der Waals surface area contributed by atoms with Crippen LogP contribution in [0.1, 0.15) is 42.2 Å². The molecular formula is C20H21N3O6. The zero-order valence-corrected chi connectivity index (χ0v) is 16.1. The Kier molecular flexibility index (Phi) is 5.76. The Morgan fingerprint density at radius 3 is 2.76 bits per heavy atom. The summed E-state index contributed by atoms with van der Waals surface area (Å²) in [5.74, 6) is -1.08. The van der Waals surface area contributed by atoms with Gasteiger partial charge in [0.25, 0.3) is 0 Å². The lowest BCUT2D eigenvalue weighted by molar-refractivity contribution is -0.119. The van der Waals surface area contributed by atoms with Gasteiger partial charge in [0.1, 0.15) is 12.2 Å². The Hall–Kier alpha value is -3.49. The smallest absolute Gasteiger partial charge is 0.322 e. The first-order chi connectivity index (χ1) is 13.8. The van der Waals surface area contributed by atoms with E-state index in [0.717, 1.165) is 12.0 Å². The highest BCUT2D eigenvalue weighted by Gasteiger charge is 2.27. The Bertz CT molecular complexity index is 1040. The number of nitrogens with one attached hydrogen (secondary N) is 1. The van der Waals surface area contributed by atoms with Crippen molar-refractivity contribution in [2.45, 2.75) is 32.7 Å². The Morgan fingerprint density at radius 2 is 2.10 bits per heavy atom. The lowest BCUT2D eigenvalue weighted by Crippen LogP contribution is -2.26. The van der Waals surface area contributed by atoms with Gasteiger partial charge in [0.2, 0.25) is 5.91 Å². The van der Waals surface area contributed by atoms with Gasteiger partial charge in [-0.3, -0.25) is 14.4 Å². The van der Waals surface area contributed by atoms with Crippen LogP contribution in [0.15, 0.2) is 34.4 Å². The number of nitroso groups, excluding NO2 is 1. The van der Waals surface area contributed by atoms with Crippen LogP contribution in [-0.4, -0.2) is 34.6 Å². The first-order valence-corrected chi connectivity index (χ1v) is 9.23. The molecule has 0 aliphatic carbocycles. The molecule has 29 heavy (non-hydrogen) atoms. The van der Waals surface area contributed by atoms with Gasteiger partial charge in [0.05, 0.1) is 12.2 Å². The number of carbonyl (C=O) groups excluding carboxylic acids is 2. The fourth-order valence-electron chi connectivity index (χ4n) is 3.49. The summed E-state index contributed by atoms with van der Waals surface area (Å²) in [6.45, 7) is 3.89. The van der Waals surface area contributed by atoms with Gasteiger partial charge < -0.3 is 19.7 Å². The molecule has 1 aromatic heterocycles. The van der Waals surface area contributed by atoms with Crippen molar-refractivity contribution in [3.05, 3.63) is 50.7 Å². The maximum absolute atomic E-state index is 12.3. The van der Waals surface area contributed by atoms with Crippen LogP contribution in [0.3, 0.4) is 0 Å². The van der Waals surface area contributed by atoms with Crippen molar-refractivity contribution < 1.29 is 19.4 Å². The predicted octanol–water partition coefficient (Wildman–Crippen LogP) is 2.15. The van der Waals surface area contributed by atoms with Crippen molar-refractivity contribution >= 4 is 11.8 Å². The third kappa shape index (κ3) is 4.03. The molecule has 0 saturated carbocycles. The molecule has 2 aromatic rings. The fraction of sp³-hybridized carbons (Fsp3) is 0.350. The number of nitrogens with zero attached hydrogens (tertiary/aromatic N) is 2. The second-order valence-electron chi connectivity index (χ2n) is 6.82. The lowest BCUT2D eigenvalue weighted by Gasteiger charge is -2.30. The topological polar surface area (TPSA) is 127 Å². The summed E-state index contributed by atoms with van der Waals surface area (Å²) in [5, 5.41) is 15.3. The van der Waals surface area contributed by atoms with Crippen LogP contribution >= 0.6 is 0 Å². The number of phenolic OH excluding ortho intramolecular Hbond substituents is 1. The van der Waals surface area contributed by atoms with E-state index >= 15 is 0 Å². The predicted molar refractivity (Wildman–Crippen MR) is 105 cm³/mol. The van der Waals surface area contributed by atoms with Crippen LogP contribution in [0, 0.1) is 4.91 Å². The Balaban J connectivity index is 2.00. The number of benzene rings is 1. The molecule has 0 spiro atoms. The van der Waals surface area contributed by atoms with Gasteiger partial charge in [-0.2, -0.15) is 0 Å². The van der Waals surface area contributed by atoms with E-state index in [1.165, 1.54) is 25.3 Å².